The summed E-state index contributed by atoms with van der Waals surface area (Å²) in [5, 5.41) is 26.3. The van der Waals surface area contributed by atoms with Crippen molar-refractivity contribution in [2.45, 2.75) is 24.3 Å². The average molecular weight is 434 g/mol. The number of nitrogens with two attached hydrogens (primary N) is 1. The number of aryl methyl sites for hydroxylation is 1. The molecule has 0 bridgehead atoms. The van der Waals surface area contributed by atoms with Gasteiger partial charge in [0, 0.05) is 25.4 Å². The fourth-order valence-corrected chi connectivity index (χ4v) is 3.29. The summed E-state index contributed by atoms with van der Waals surface area (Å²) in [6.45, 7) is 1.41. The van der Waals surface area contributed by atoms with E-state index in [-0.39, 0.29) is 35.7 Å². The van der Waals surface area contributed by atoms with Crippen molar-refractivity contribution in [3.8, 4) is 23.7 Å². The number of ether oxygens (including phenoxy) is 1. The van der Waals surface area contributed by atoms with Crippen molar-refractivity contribution in [2.75, 3.05) is 11.9 Å². The van der Waals surface area contributed by atoms with Gasteiger partial charge in [-0.25, -0.2) is 17.9 Å². The Labute approximate surface area is 172 Å². The zero-order valence-corrected chi connectivity index (χ0v) is 17.0. The van der Waals surface area contributed by atoms with Crippen LogP contribution in [0.5, 0.6) is 5.75 Å². The van der Waals surface area contributed by atoms with E-state index in [1.165, 1.54) is 17.7 Å². The Morgan fingerprint density at radius 3 is 2.77 bits per heavy atom. The van der Waals surface area contributed by atoms with E-state index in [0.29, 0.717) is 0 Å². The van der Waals surface area contributed by atoms with Gasteiger partial charge >= 0.3 is 0 Å². The molecule has 11 heteroatoms. The van der Waals surface area contributed by atoms with E-state index in [4.69, 9.17) is 15.1 Å². The Morgan fingerprint density at radius 2 is 2.17 bits per heavy atom. The Morgan fingerprint density at radius 1 is 1.47 bits per heavy atom. The van der Waals surface area contributed by atoms with Crippen molar-refractivity contribution in [1.82, 2.24) is 4.57 Å². The second-order valence-corrected chi connectivity index (χ2v) is 7.66. The lowest BCUT2D eigenvalue weighted by Gasteiger charge is -2.12. The predicted molar refractivity (Wildman–Crippen MR) is 105 cm³/mol. The van der Waals surface area contributed by atoms with Crippen molar-refractivity contribution >= 4 is 21.6 Å². The van der Waals surface area contributed by atoms with Gasteiger partial charge in [-0.3, -0.25) is 4.79 Å². The number of sulfonamides is 1. The van der Waals surface area contributed by atoms with Crippen LogP contribution < -0.4 is 15.2 Å². The van der Waals surface area contributed by atoms with Gasteiger partial charge in [-0.2, -0.15) is 5.26 Å². The highest BCUT2D eigenvalue weighted by molar-refractivity contribution is 7.89. The molecule has 0 fully saturated rings. The molecule has 0 aliphatic heterocycles. The van der Waals surface area contributed by atoms with E-state index in [0.717, 1.165) is 18.3 Å². The molecular formula is C19H19FN4O5S. The van der Waals surface area contributed by atoms with Crippen LogP contribution in [0.1, 0.15) is 29.4 Å². The maximum atomic E-state index is 13.5. The SMILES string of the molecule is CC#C[C@H](O)CCOc1c(S(N)(=O)=O)cn(C)c1C(=O)Nc1ccc(F)c(C#N)c1. The smallest absolute Gasteiger partial charge is 0.276 e. The fraction of sp³-hybridized carbons (Fsp3) is 0.263. The van der Waals surface area contributed by atoms with Crippen LogP contribution in [0.25, 0.3) is 0 Å². The minimum Gasteiger partial charge on any atom is -0.490 e. The standard InChI is InChI=1S/C19H19FN4O5S/c1-3-4-14(25)7-8-29-18-16(30(22,27)28)11-24(2)17(18)19(26)23-13-5-6-15(20)12(9-13)10-21/h5-6,9,11,14,25H,7-8H2,1-2H3,(H,23,26)(H2,22,27,28)/t14-/m0/s1. The van der Waals surface area contributed by atoms with Crippen LogP contribution in [-0.2, 0) is 17.1 Å². The minimum atomic E-state index is -4.23. The molecule has 2 aromatic rings. The maximum absolute atomic E-state index is 13.5. The first-order chi connectivity index (χ1) is 14.1. The molecule has 0 saturated carbocycles. The number of nitrogens with zero attached hydrogens (tertiary/aromatic N) is 2. The summed E-state index contributed by atoms with van der Waals surface area (Å²) in [5.74, 6) is 3.23. The summed E-state index contributed by atoms with van der Waals surface area (Å²) in [5.41, 5.74) is -0.318. The average Bonchev–Trinajstić information content (AvgIpc) is 3.00. The summed E-state index contributed by atoms with van der Waals surface area (Å²) in [7, 11) is -2.81. The van der Waals surface area contributed by atoms with E-state index in [1.54, 1.807) is 13.0 Å². The van der Waals surface area contributed by atoms with Crippen molar-refractivity contribution in [3.63, 3.8) is 0 Å². The van der Waals surface area contributed by atoms with E-state index in [2.05, 4.69) is 17.2 Å². The Kier molecular flexibility index (Phi) is 7.19. The lowest BCUT2D eigenvalue weighted by molar-refractivity contribution is 0.101. The van der Waals surface area contributed by atoms with Gasteiger partial charge in [-0.1, -0.05) is 5.92 Å². The first-order valence-electron chi connectivity index (χ1n) is 8.54. The van der Waals surface area contributed by atoms with Gasteiger partial charge in [0.05, 0.1) is 12.2 Å². The molecule has 158 valence electrons. The third-order valence-corrected chi connectivity index (χ3v) is 4.82. The third kappa shape index (κ3) is 5.36. The number of carbonyl (C=O) groups is 1. The second kappa shape index (κ2) is 9.41. The van der Waals surface area contributed by atoms with E-state index in [1.807, 2.05) is 0 Å². The zero-order chi connectivity index (χ0) is 22.5. The highest BCUT2D eigenvalue weighted by Gasteiger charge is 2.28. The summed E-state index contributed by atoms with van der Waals surface area (Å²) in [6.07, 6.45) is 0.190. The van der Waals surface area contributed by atoms with Crippen LogP contribution in [-0.4, -0.2) is 36.7 Å². The van der Waals surface area contributed by atoms with Gasteiger partial charge in [-0.05, 0) is 25.1 Å². The summed E-state index contributed by atoms with van der Waals surface area (Å²) in [6, 6.07) is 5.06. The predicted octanol–water partition coefficient (Wildman–Crippen LogP) is 1.09. The number of hydrogen-bond acceptors (Lipinski definition) is 6. The largest absolute Gasteiger partial charge is 0.490 e. The third-order valence-electron chi connectivity index (χ3n) is 3.92. The molecule has 0 radical (unpaired) electrons. The van der Waals surface area contributed by atoms with Gasteiger partial charge in [0.15, 0.2) is 11.4 Å². The summed E-state index contributed by atoms with van der Waals surface area (Å²) in [4.78, 5) is 12.4. The molecule has 9 nitrogen and oxygen atoms in total. The number of halogens is 1. The molecule has 0 unspecified atom stereocenters. The van der Waals surface area contributed by atoms with Crippen LogP contribution in [0.3, 0.4) is 0 Å². The van der Waals surface area contributed by atoms with Gasteiger partial charge < -0.3 is 19.7 Å². The van der Waals surface area contributed by atoms with Crippen LogP contribution in [0.15, 0.2) is 29.3 Å². The molecule has 0 saturated heterocycles. The molecule has 1 aromatic carbocycles. The van der Waals surface area contributed by atoms with Gasteiger partial charge in [0.2, 0.25) is 10.0 Å². The number of primary sulfonamides is 1. The van der Waals surface area contributed by atoms with Gasteiger partial charge in [0.25, 0.3) is 5.91 Å². The molecule has 0 aliphatic carbocycles. The van der Waals surface area contributed by atoms with Crippen LogP contribution in [0.2, 0.25) is 0 Å². The van der Waals surface area contributed by atoms with E-state index in [9.17, 15) is 22.7 Å². The molecule has 1 amide bonds. The number of hydrogen-bond donors (Lipinski definition) is 3. The van der Waals surface area contributed by atoms with Crippen LogP contribution in [0.4, 0.5) is 10.1 Å². The number of aliphatic hydroxyl groups excluding tert-OH is 1. The van der Waals surface area contributed by atoms with Gasteiger partial charge in [0.1, 0.15) is 22.9 Å². The number of nitriles is 1. The van der Waals surface area contributed by atoms with E-state index < -0.39 is 32.7 Å². The number of anilines is 1. The quantitative estimate of drug-likeness (QED) is 0.556. The molecule has 0 aliphatic rings. The Hall–Kier alpha value is -3.38. The second-order valence-electron chi connectivity index (χ2n) is 6.13. The highest BCUT2D eigenvalue weighted by atomic mass is 32.2. The maximum Gasteiger partial charge on any atom is 0.276 e. The normalized spacial score (nSPS) is 11.7. The van der Waals surface area contributed by atoms with E-state index >= 15 is 0 Å². The first-order valence-corrected chi connectivity index (χ1v) is 10.1. The first kappa shape index (κ1) is 22.9. The molecule has 1 heterocycles. The zero-order valence-electron chi connectivity index (χ0n) is 16.1. The van der Waals surface area contributed by atoms with Crippen molar-refractivity contribution in [1.29, 1.82) is 5.26 Å². The number of benzene rings is 1. The number of amides is 1. The molecule has 0 spiro atoms. The summed E-state index contributed by atoms with van der Waals surface area (Å²) >= 11 is 0. The molecule has 1 atom stereocenters. The van der Waals surface area contributed by atoms with Crippen molar-refractivity contribution < 1.29 is 27.4 Å². The monoisotopic (exact) mass is 434 g/mol. The Balaban J connectivity index is 2.38. The lowest BCUT2D eigenvalue weighted by Crippen LogP contribution is -2.19. The number of aromatic nitrogens is 1. The van der Waals surface area contributed by atoms with Crippen LogP contribution >= 0.6 is 0 Å². The molecule has 30 heavy (non-hydrogen) atoms. The lowest BCUT2D eigenvalue weighted by atomic mass is 10.2. The fourth-order valence-electron chi connectivity index (χ4n) is 2.57. The number of carbonyl (C=O) groups excluding carboxylic acids is 1. The van der Waals surface area contributed by atoms with Crippen molar-refractivity contribution in [2.24, 2.45) is 12.2 Å². The topological polar surface area (TPSA) is 147 Å². The molecule has 1 aromatic heterocycles. The van der Waals surface area contributed by atoms with Crippen LogP contribution in [0, 0.1) is 29.0 Å². The number of rotatable bonds is 7. The molecular weight excluding hydrogens is 415 g/mol. The van der Waals surface area contributed by atoms with Crippen molar-refractivity contribution in [3.05, 3.63) is 41.5 Å². The number of nitrogens with one attached hydrogen (secondary N) is 1. The van der Waals surface area contributed by atoms with Gasteiger partial charge in [-0.15, -0.1) is 5.92 Å². The molecule has 2 rings (SSSR count). The highest BCUT2D eigenvalue weighted by Crippen LogP contribution is 2.30. The Bertz CT molecular complexity index is 1170. The molecule has 4 N–H and O–H groups in total. The summed E-state index contributed by atoms with van der Waals surface area (Å²) < 4.78 is 44.0. The minimum absolute atomic E-state index is 0.0599. The number of aliphatic hydroxyl groups is 1.